The van der Waals surface area contributed by atoms with Crippen LogP contribution in [0.15, 0.2) is 45.7 Å². The molecule has 2 aromatic carbocycles. The molecule has 0 amide bonds. The van der Waals surface area contributed by atoms with Crippen LogP contribution in [0.4, 0.5) is 0 Å². The van der Waals surface area contributed by atoms with Gasteiger partial charge in [0.2, 0.25) is 0 Å². The first kappa shape index (κ1) is 12.9. The standard InChI is InChI=1S/C13H10O2S.Na/c14-7-8-2-1-3-11-10-5-4-9(16)6-12(10)15-13(8)11;/h1-6,14,16H,7H2;/q;+1/p-1. The molecule has 3 rings (SSSR count). The Morgan fingerprint density at radius 3 is 2.71 bits per heavy atom. The topological polar surface area (TPSA) is 33.4 Å². The second-order valence-corrected chi connectivity index (χ2v) is 4.18. The van der Waals surface area contributed by atoms with Crippen LogP contribution in [-0.2, 0) is 19.2 Å². The molecule has 0 saturated carbocycles. The molecule has 80 valence electrons. The first-order valence-electron chi connectivity index (χ1n) is 5.01. The normalized spacial score (nSPS) is 10.6. The van der Waals surface area contributed by atoms with Crippen LogP contribution >= 0.6 is 0 Å². The smallest absolute Gasteiger partial charge is 0.780 e. The van der Waals surface area contributed by atoms with Crippen LogP contribution in [0, 0.1) is 0 Å². The summed E-state index contributed by atoms with van der Waals surface area (Å²) < 4.78 is 5.73. The minimum atomic E-state index is -0.0160. The maximum atomic E-state index is 9.23. The summed E-state index contributed by atoms with van der Waals surface area (Å²) in [6.45, 7) is -0.0160. The van der Waals surface area contributed by atoms with Crippen molar-refractivity contribution in [3.05, 3.63) is 42.0 Å². The molecule has 0 unspecified atom stereocenters. The zero-order valence-corrected chi connectivity index (χ0v) is 12.3. The first-order valence-corrected chi connectivity index (χ1v) is 5.42. The van der Waals surface area contributed by atoms with Gasteiger partial charge >= 0.3 is 29.6 Å². The number of fused-ring (bicyclic) bond motifs is 3. The summed E-state index contributed by atoms with van der Waals surface area (Å²) >= 11 is 5.10. The molecule has 0 aliphatic rings. The van der Waals surface area contributed by atoms with Crippen LogP contribution in [0.25, 0.3) is 21.9 Å². The molecule has 0 aliphatic heterocycles. The summed E-state index contributed by atoms with van der Waals surface area (Å²) in [5.74, 6) is 0. The molecule has 4 heteroatoms. The van der Waals surface area contributed by atoms with E-state index in [9.17, 15) is 5.11 Å². The van der Waals surface area contributed by atoms with Crippen molar-refractivity contribution >= 4 is 34.6 Å². The molecular weight excluding hydrogens is 243 g/mol. The van der Waals surface area contributed by atoms with E-state index >= 15 is 0 Å². The first-order chi connectivity index (χ1) is 7.79. The van der Waals surface area contributed by atoms with Gasteiger partial charge in [0.15, 0.2) is 0 Å². The predicted molar refractivity (Wildman–Crippen MR) is 65.3 cm³/mol. The van der Waals surface area contributed by atoms with E-state index in [4.69, 9.17) is 17.0 Å². The van der Waals surface area contributed by atoms with Gasteiger partial charge in [-0.05, 0) is 6.07 Å². The second kappa shape index (κ2) is 4.96. The minimum Gasteiger partial charge on any atom is -0.780 e. The average molecular weight is 252 g/mol. The number of hydrogen-bond acceptors (Lipinski definition) is 3. The molecule has 0 radical (unpaired) electrons. The Hall–Kier alpha value is -0.580. The predicted octanol–water partition coefficient (Wildman–Crippen LogP) is -0.0119. The monoisotopic (exact) mass is 252 g/mol. The number of furan rings is 1. The van der Waals surface area contributed by atoms with Crippen LogP contribution in [0.5, 0.6) is 0 Å². The fourth-order valence-electron chi connectivity index (χ4n) is 1.96. The Kier molecular flexibility index (Phi) is 3.76. The third-order valence-electron chi connectivity index (χ3n) is 2.72. The van der Waals surface area contributed by atoms with Crippen molar-refractivity contribution in [2.45, 2.75) is 11.5 Å². The Morgan fingerprint density at radius 1 is 1.12 bits per heavy atom. The molecule has 17 heavy (non-hydrogen) atoms. The molecule has 1 heterocycles. The molecule has 2 nitrogen and oxygen atoms in total. The summed E-state index contributed by atoms with van der Waals surface area (Å²) in [4.78, 5) is 0.761. The molecule has 1 aromatic heterocycles. The van der Waals surface area contributed by atoms with Crippen molar-refractivity contribution in [1.29, 1.82) is 0 Å². The van der Waals surface area contributed by atoms with Crippen molar-refractivity contribution in [2.24, 2.45) is 0 Å². The van der Waals surface area contributed by atoms with E-state index in [1.165, 1.54) is 0 Å². The molecule has 0 bridgehead atoms. The van der Waals surface area contributed by atoms with Crippen molar-refractivity contribution in [3.8, 4) is 0 Å². The molecule has 3 aromatic rings. The Balaban J connectivity index is 0.00000108. The van der Waals surface area contributed by atoms with Gasteiger partial charge in [-0.15, -0.1) is 0 Å². The second-order valence-electron chi connectivity index (χ2n) is 3.71. The fraction of sp³-hybridized carbons (Fsp3) is 0.0769. The van der Waals surface area contributed by atoms with E-state index in [0.717, 1.165) is 32.4 Å². The van der Waals surface area contributed by atoms with E-state index in [0.29, 0.717) is 0 Å². The number of hydrogen-bond donors (Lipinski definition) is 1. The van der Waals surface area contributed by atoms with Gasteiger partial charge in [-0.2, -0.15) is 4.90 Å². The molecule has 0 spiro atoms. The Morgan fingerprint density at radius 2 is 1.94 bits per heavy atom. The molecular formula is C13H9NaO2S. The summed E-state index contributed by atoms with van der Waals surface area (Å²) in [5.41, 5.74) is 2.34. The van der Waals surface area contributed by atoms with Crippen molar-refractivity contribution in [2.75, 3.05) is 0 Å². The van der Waals surface area contributed by atoms with Gasteiger partial charge in [-0.1, -0.05) is 30.3 Å². The van der Waals surface area contributed by atoms with Crippen LogP contribution < -0.4 is 29.6 Å². The van der Waals surface area contributed by atoms with Gasteiger partial charge in [0.05, 0.1) is 6.61 Å². The molecule has 0 atom stereocenters. The molecule has 0 aliphatic carbocycles. The maximum absolute atomic E-state index is 9.23. The maximum Gasteiger partial charge on any atom is 1.00 e. The zero-order valence-electron chi connectivity index (χ0n) is 9.43. The number of benzene rings is 2. The number of rotatable bonds is 1. The van der Waals surface area contributed by atoms with Crippen LogP contribution in [-0.4, -0.2) is 5.11 Å². The quantitative estimate of drug-likeness (QED) is 0.488. The van der Waals surface area contributed by atoms with Gasteiger partial charge in [0, 0.05) is 16.3 Å². The van der Waals surface area contributed by atoms with Gasteiger partial charge in [-0.3, -0.25) is 0 Å². The summed E-state index contributed by atoms with van der Waals surface area (Å²) in [5, 5.41) is 11.3. The van der Waals surface area contributed by atoms with E-state index in [2.05, 4.69) is 0 Å². The Labute approximate surface area is 126 Å². The molecule has 0 saturated heterocycles. The van der Waals surface area contributed by atoms with Crippen LogP contribution in [0.1, 0.15) is 5.56 Å². The summed E-state index contributed by atoms with van der Waals surface area (Å²) in [6, 6.07) is 11.5. The third kappa shape index (κ3) is 2.09. The van der Waals surface area contributed by atoms with Gasteiger partial charge in [0.25, 0.3) is 0 Å². The van der Waals surface area contributed by atoms with E-state index in [1.807, 2.05) is 36.4 Å². The average Bonchev–Trinajstić information content (AvgIpc) is 2.65. The molecule has 1 N–H and O–H groups in total. The summed E-state index contributed by atoms with van der Waals surface area (Å²) in [6.07, 6.45) is 0. The SMILES string of the molecule is OCc1cccc2c1oc1cc([S-])ccc12.[Na+]. The largest absolute Gasteiger partial charge is 1.00 e. The number of aliphatic hydroxyl groups is 1. The van der Waals surface area contributed by atoms with E-state index in [-0.39, 0.29) is 36.2 Å². The van der Waals surface area contributed by atoms with Gasteiger partial charge in [0.1, 0.15) is 11.2 Å². The zero-order chi connectivity index (χ0) is 11.1. The third-order valence-corrected chi connectivity index (χ3v) is 2.98. The number of para-hydroxylation sites is 1. The van der Waals surface area contributed by atoms with Gasteiger partial charge < -0.3 is 22.2 Å². The van der Waals surface area contributed by atoms with Gasteiger partial charge in [-0.25, -0.2) is 0 Å². The number of aliphatic hydroxyl groups excluding tert-OH is 1. The van der Waals surface area contributed by atoms with Crippen LogP contribution in [0.2, 0.25) is 0 Å². The minimum absolute atomic E-state index is 0. The van der Waals surface area contributed by atoms with E-state index < -0.39 is 0 Å². The fourth-order valence-corrected chi connectivity index (χ4v) is 2.14. The summed E-state index contributed by atoms with van der Waals surface area (Å²) in [7, 11) is 0. The van der Waals surface area contributed by atoms with Crippen molar-refractivity contribution in [1.82, 2.24) is 0 Å². The molecule has 0 fully saturated rings. The van der Waals surface area contributed by atoms with Crippen LogP contribution in [0.3, 0.4) is 0 Å². The van der Waals surface area contributed by atoms with Crippen molar-refractivity contribution < 1.29 is 39.1 Å². The Bertz CT molecular complexity index is 676. The van der Waals surface area contributed by atoms with Crippen molar-refractivity contribution in [3.63, 3.8) is 0 Å². The van der Waals surface area contributed by atoms with E-state index in [1.54, 1.807) is 0 Å².